The van der Waals surface area contributed by atoms with Crippen LogP contribution in [0, 0.1) is 0 Å². The van der Waals surface area contributed by atoms with Gasteiger partial charge in [0, 0.05) is 51.0 Å². The summed E-state index contributed by atoms with van der Waals surface area (Å²) in [7, 11) is 0. The van der Waals surface area contributed by atoms with Gasteiger partial charge in [0.2, 0.25) is 0 Å². The first-order valence-corrected chi connectivity index (χ1v) is 8.09. The molecule has 0 atom stereocenters. The van der Waals surface area contributed by atoms with Crippen LogP contribution in [0.2, 0.25) is 0 Å². The lowest BCUT2D eigenvalue weighted by Crippen LogP contribution is -2.48. The summed E-state index contributed by atoms with van der Waals surface area (Å²) in [5.74, 6) is 0. The van der Waals surface area contributed by atoms with E-state index in [1.165, 1.54) is 38.2 Å². The maximum Gasteiger partial charge on any atom is 0.0367 e. The van der Waals surface area contributed by atoms with Gasteiger partial charge in [0.25, 0.3) is 0 Å². The minimum absolute atomic E-state index is 0.695. The molecule has 3 nitrogen and oxygen atoms in total. The van der Waals surface area contributed by atoms with Gasteiger partial charge in [-0.2, -0.15) is 0 Å². The van der Waals surface area contributed by atoms with Gasteiger partial charge in [0.15, 0.2) is 0 Å². The first kappa shape index (κ1) is 15.3. The number of nitrogens with zero attached hydrogens (tertiary/aromatic N) is 2. The highest BCUT2D eigenvalue weighted by Gasteiger charge is 2.16. The highest BCUT2D eigenvalue weighted by atomic mass is 15.3. The summed E-state index contributed by atoms with van der Waals surface area (Å²) in [6.07, 6.45) is 2.47. The Balaban J connectivity index is 1.67. The summed E-state index contributed by atoms with van der Waals surface area (Å²) >= 11 is 0. The SMILES string of the molecule is CCC(CC)NCCN1CCN(c2ccccc2)CC1. The van der Waals surface area contributed by atoms with Gasteiger partial charge in [0.05, 0.1) is 0 Å². The summed E-state index contributed by atoms with van der Waals surface area (Å²) in [4.78, 5) is 5.07. The van der Waals surface area contributed by atoms with Crippen LogP contribution in [0.5, 0.6) is 0 Å². The number of para-hydroxylation sites is 1. The average molecular weight is 275 g/mol. The van der Waals surface area contributed by atoms with Crippen molar-refractivity contribution in [1.29, 1.82) is 0 Å². The molecular weight excluding hydrogens is 246 g/mol. The molecule has 20 heavy (non-hydrogen) atoms. The Morgan fingerprint density at radius 1 is 1.00 bits per heavy atom. The molecule has 1 aliphatic heterocycles. The Morgan fingerprint density at radius 2 is 1.65 bits per heavy atom. The molecule has 0 unspecified atom stereocenters. The molecule has 0 saturated carbocycles. The van der Waals surface area contributed by atoms with Crippen molar-refractivity contribution in [1.82, 2.24) is 10.2 Å². The number of rotatable bonds is 7. The van der Waals surface area contributed by atoms with Gasteiger partial charge in [-0.3, -0.25) is 4.90 Å². The summed E-state index contributed by atoms with van der Waals surface area (Å²) in [6.45, 7) is 11.5. The van der Waals surface area contributed by atoms with Crippen LogP contribution >= 0.6 is 0 Å². The van der Waals surface area contributed by atoms with E-state index < -0.39 is 0 Å². The zero-order chi connectivity index (χ0) is 14.2. The smallest absolute Gasteiger partial charge is 0.0367 e. The van der Waals surface area contributed by atoms with E-state index in [9.17, 15) is 0 Å². The minimum Gasteiger partial charge on any atom is -0.369 e. The van der Waals surface area contributed by atoms with Gasteiger partial charge in [-0.25, -0.2) is 0 Å². The topological polar surface area (TPSA) is 18.5 Å². The number of anilines is 1. The minimum atomic E-state index is 0.695. The van der Waals surface area contributed by atoms with Crippen LogP contribution in [0.1, 0.15) is 26.7 Å². The van der Waals surface area contributed by atoms with Crippen LogP contribution in [-0.4, -0.2) is 50.2 Å². The fourth-order valence-corrected chi connectivity index (χ4v) is 2.87. The highest BCUT2D eigenvalue weighted by Crippen LogP contribution is 2.15. The molecule has 0 amide bonds. The lowest BCUT2D eigenvalue weighted by molar-refractivity contribution is 0.253. The molecule has 0 aromatic heterocycles. The van der Waals surface area contributed by atoms with Crippen molar-refractivity contribution in [2.45, 2.75) is 32.7 Å². The van der Waals surface area contributed by atoms with E-state index in [4.69, 9.17) is 0 Å². The Kier molecular flexibility index (Phi) is 6.34. The Labute approximate surface area is 124 Å². The zero-order valence-electron chi connectivity index (χ0n) is 13.0. The highest BCUT2D eigenvalue weighted by molar-refractivity contribution is 5.46. The van der Waals surface area contributed by atoms with E-state index in [2.05, 4.69) is 59.3 Å². The second kappa shape index (κ2) is 8.28. The Hall–Kier alpha value is -1.06. The first-order valence-electron chi connectivity index (χ1n) is 8.09. The summed E-state index contributed by atoms with van der Waals surface area (Å²) in [6, 6.07) is 11.5. The van der Waals surface area contributed by atoms with Crippen molar-refractivity contribution >= 4 is 5.69 Å². The van der Waals surface area contributed by atoms with Gasteiger partial charge < -0.3 is 10.2 Å². The Bertz CT molecular complexity index is 354. The van der Waals surface area contributed by atoms with Crippen molar-refractivity contribution in [2.75, 3.05) is 44.2 Å². The maximum atomic E-state index is 3.65. The molecule has 1 aromatic rings. The number of piperazine rings is 1. The molecule has 0 radical (unpaired) electrons. The van der Waals surface area contributed by atoms with Gasteiger partial charge in [-0.05, 0) is 25.0 Å². The van der Waals surface area contributed by atoms with Crippen LogP contribution in [0.25, 0.3) is 0 Å². The lowest BCUT2D eigenvalue weighted by Gasteiger charge is -2.36. The third-order valence-electron chi connectivity index (χ3n) is 4.34. The number of hydrogen-bond acceptors (Lipinski definition) is 3. The monoisotopic (exact) mass is 275 g/mol. The van der Waals surface area contributed by atoms with E-state index in [-0.39, 0.29) is 0 Å². The van der Waals surface area contributed by atoms with Crippen LogP contribution in [0.4, 0.5) is 5.69 Å². The van der Waals surface area contributed by atoms with Crippen molar-refractivity contribution in [3.8, 4) is 0 Å². The lowest BCUT2D eigenvalue weighted by atomic mass is 10.2. The van der Waals surface area contributed by atoms with E-state index in [1.807, 2.05) is 0 Å². The van der Waals surface area contributed by atoms with Crippen LogP contribution in [0.15, 0.2) is 30.3 Å². The normalized spacial score (nSPS) is 16.9. The fraction of sp³-hybridized carbons (Fsp3) is 0.647. The zero-order valence-corrected chi connectivity index (χ0v) is 13.0. The van der Waals surface area contributed by atoms with E-state index in [0.717, 1.165) is 19.6 Å². The number of nitrogens with one attached hydrogen (secondary N) is 1. The molecule has 0 bridgehead atoms. The van der Waals surface area contributed by atoms with E-state index in [1.54, 1.807) is 0 Å². The van der Waals surface area contributed by atoms with E-state index in [0.29, 0.717) is 6.04 Å². The molecular formula is C17H29N3. The molecule has 112 valence electrons. The summed E-state index contributed by atoms with van der Waals surface area (Å²) < 4.78 is 0. The third-order valence-corrected chi connectivity index (χ3v) is 4.34. The van der Waals surface area contributed by atoms with Gasteiger partial charge in [-0.1, -0.05) is 32.0 Å². The van der Waals surface area contributed by atoms with E-state index >= 15 is 0 Å². The van der Waals surface area contributed by atoms with Gasteiger partial charge >= 0.3 is 0 Å². The Morgan fingerprint density at radius 3 is 2.25 bits per heavy atom. The molecule has 0 aliphatic carbocycles. The van der Waals surface area contributed by atoms with Gasteiger partial charge in [-0.15, -0.1) is 0 Å². The molecule has 1 heterocycles. The molecule has 1 fully saturated rings. The third kappa shape index (κ3) is 4.50. The molecule has 2 rings (SSSR count). The quantitative estimate of drug-likeness (QED) is 0.825. The first-order chi connectivity index (χ1) is 9.83. The van der Waals surface area contributed by atoms with Crippen molar-refractivity contribution < 1.29 is 0 Å². The van der Waals surface area contributed by atoms with Crippen molar-refractivity contribution in [3.63, 3.8) is 0 Å². The molecule has 1 aromatic carbocycles. The second-order valence-corrected chi connectivity index (χ2v) is 5.63. The summed E-state index contributed by atoms with van der Waals surface area (Å²) in [5.41, 5.74) is 1.36. The number of benzene rings is 1. The molecule has 1 aliphatic rings. The maximum absolute atomic E-state index is 3.65. The molecule has 0 spiro atoms. The largest absolute Gasteiger partial charge is 0.369 e. The van der Waals surface area contributed by atoms with Gasteiger partial charge in [0.1, 0.15) is 0 Å². The van der Waals surface area contributed by atoms with Crippen molar-refractivity contribution in [3.05, 3.63) is 30.3 Å². The second-order valence-electron chi connectivity index (χ2n) is 5.63. The molecule has 3 heteroatoms. The molecule has 1 saturated heterocycles. The van der Waals surface area contributed by atoms with Crippen LogP contribution in [-0.2, 0) is 0 Å². The predicted octanol–water partition coefficient (Wildman–Crippen LogP) is 2.59. The molecule has 1 N–H and O–H groups in total. The van der Waals surface area contributed by atoms with Crippen LogP contribution in [0.3, 0.4) is 0 Å². The summed E-state index contributed by atoms with van der Waals surface area (Å²) in [5, 5.41) is 3.65. The van der Waals surface area contributed by atoms with Crippen LogP contribution < -0.4 is 10.2 Å². The van der Waals surface area contributed by atoms with Crippen molar-refractivity contribution in [2.24, 2.45) is 0 Å². The predicted molar refractivity (Wildman–Crippen MR) is 87.5 cm³/mol. The standard InChI is InChI=1S/C17H29N3/c1-3-16(4-2)18-10-11-19-12-14-20(15-13-19)17-8-6-5-7-9-17/h5-9,16,18H,3-4,10-15H2,1-2H3. The number of hydrogen-bond donors (Lipinski definition) is 1. The average Bonchev–Trinajstić information content (AvgIpc) is 2.53. The fourth-order valence-electron chi connectivity index (χ4n) is 2.87.